The highest BCUT2D eigenvalue weighted by Gasteiger charge is 2.24. The van der Waals surface area contributed by atoms with E-state index in [4.69, 9.17) is 34.4 Å². The molecular weight excluding hydrogens is 425 g/mol. The second-order valence-corrected chi connectivity index (χ2v) is 8.09. The molecule has 30 heavy (non-hydrogen) atoms. The van der Waals surface area contributed by atoms with E-state index in [1.165, 1.54) is 30.3 Å². The third-order valence-electron chi connectivity index (χ3n) is 5.05. The van der Waals surface area contributed by atoms with E-state index in [1.54, 1.807) is 24.3 Å². The quantitative estimate of drug-likeness (QED) is 0.335. The molecule has 0 radical (unpaired) electrons. The largest absolute Gasteiger partial charge is 0.454 e. The van der Waals surface area contributed by atoms with E-state index in [-0.39, 0.29) is 11.6 Å². The first kappa shape index (κ1) is 22.2. The van der Waals surface area contributed by atoms with Gasteiger partial charge in [0.1, 0.15) is 11.6 Å². The summed E-state index contributed by atoms with van der Waals surface area (Å²) in [6, 6.07) is 15.6. The van der Waals surface area contributed by atoms with Crippen molar-refractivity contribution in [1.82, 2.24) is 0 Å². The fourth-order valence-electron chi connectivity index (χ4n) is 3.20. The minimum absolute atomic E-state index is 0.100. The fraction of sp³-hybridized carbons (Fsp3) is 0.200. The molecule has 1 unspecified atom stereocenters. The Morgan fingerprint density at radius 1 is 0.967 bits per heavy atom. The van der Waals surface area contributed by atoms with E-state index in [2.05, 4.69) is 5.92 Å². The van der Waals surface area contributed by atoms with Gasteiger partial charge in [0.2, 0.25) is 0 Å². The Balaban J connectivity index is 1.68. The van der Waals surface area contributed by atoms with Gasteiger partial charge in [-0.1, -0.05) is 41.3 Å². The first-order valence-electron chi connectivity index (χ1n) is 9.46. The average molecular weight is 445 g/mol. The summed E-state index contributed by atoms with van der Waals surface area (Å²) in [5.74, 6) is 2.48. The molecule has 0 saturated carbocycles. The summed E-state index contributed by atoms with van der Waals surface area (Å²) in [6.45, 7) is 1.99. The second kappa shape index (κ2) is 9.51. The standard InChI is InChI=1S/C25H20Cl2F2O/c1-3-25(2,18-7-12-21(26)22(27)16-18)14-4-5-17-6-13-23(29)24(15-17)30-20-10-8-19(28)9-11-20/h1,6-13,15-16H,4-5,14H2,2H3. The van der Waals surface area contributed by atoms with Gasteiger partial charge >= 0.3 is 0 Å². The molecule has 0 saturated heterocycles. The molecule has 0 aliphatic heterocycles. The molecule has 0 bridgehead atoms. The second-order valence-electron chi connectivity index (χ2n) is 7.28. The van der Waals surface area contributed by atoms with Gasteiger partial charge in [0.15, 0.2) is 11.6 Å². The highest BCUT2D eigenvalue weighted by atomic mass is 35.5. The maximum absolute atomic E-state index is 14.1. The molecule has 1 atom stereocenters. The topological polar surface area (TPSA) is 9.23 Å². The zero-order valence-electron chi connectivity index (χ0n) is 16.4. The predicted octanol–water partition coefficient (Wildman–Crippen LogP) is 7.98. The van der Waals surface area contributed by atoms with Gasteiger partial charge in [-0.3, -0.25) is 0 Å². The zero-order chi connectivity index (χ0) is 21.7. The van der Waals surface area contributed by atoms with Gasteiger partial charge in [-0.05, 0) is 85.8 Å². The highest BCUT2D eigenvalue weighted by molar-refractivity contribution is 6.42. The van der Waals surface area contributed by atoms with Crippen molar-refractivity contribution >= 4 is 23.2 Å². The molecule has 0 fully saturated rings. The third-order valence-corrected chi connectivity index (χ3v) is 5.79. The Hall–Kier alpha value is -2.54. The number of terminal acetylenes is 1. The lowest BCUT2D eigenvalue weighted by molar-refractivity contribution is 0.440. The van der Waals surface area contributed by atoms with Crippen molar-refractivity contribution in [1.29, 1.82) is 0 Å². The Bertz CT molecular complexity index is 1070. The lowest BCUT2D eigenvalue weighted by Crippen LogP contribution is -2.19. The van der Waals surface area contributed by atoms with Crippen LogP contribution in [0, 0.1) is 24.0 Å². The van der Waals surface area contributed by atoms with Gasteiger partial charge in [-0.25, -0.2) is 8.78 Å². The number of rotatable bonds is 7. The molecule has 0 heterocycles. The van der Waals surface area contributed by atoms with Crippen molar-refractivity contribution in [3.63, 3.8) is 0 Å². The van der Waals surface area contributed by atoms with Crippen LogP contribution in [-0.2, 0) is 11.8 Å². The highest BCUT2D eigenvalue weighted by Crippen LogP contribution is 2.34. The van der Waals surface area contributed by atoms with Gasteiger partial charge in [-0.15, -0.1) is 6.42 Å². The van der Waals surface area contributed by atoms with Crippen LogP contribution < -0.4 is 4.74 Å². The van der Waals surface area contributed by atoms with Gasteiger partial charge in [0.25, 0.3) is 0 Å². The number of halogens is 4. The van der Waals surface area contributed by atoms with E-state index in [0.717, 1.165) is 17.5 Å². The molecular formula is C25H20Cl2F2O. The number of aryl methyl sites for hydroxylation is 1. The first-order valence-corrected chi connectivity index (χ1v) is 10.2. The molecule has 3 aromatic rings. The van der Waals surface area contributed by atoms with Crippen molar-refractivity contribution in [2.75, 3.05) is 0 Å². The van der Waals surface area contributed by atoms with Crippen molar-refractivity contribution < 1.29 is 13.5 Å². The number of hydrogen-bond donors (Lipinski definition) is 0. The van der Waals surface area contributed by atoms with E-state index < -0.39 is 11.2 Å². The van der Waals surface area contributed by atoms with Gasteiger partial charge in [-0.2, -0.15) is 0 Å². The predicted molar refractivity (Wildman–Crippen MR) is 118 cm³/mol. The lowest BCUT2D eigenvalue weighted by atomic mass is 9.78. The molecule has 3 aromatic carbocycles. The van der Waals surface area contributed by atoms with Crippen LogP contribution in [0.25, 0.3) is 0 Å². The van der Waals surface area contributed by atoms with Crippen LogP contribution >= 0.6 is 23.2 Å². The van der Waals surface area contributed by atoms with Crippen molar-refractivity contribution in [2.45, 2.75) is 31.6 Å². The minimum atomic E-state index is -0.498. The van der Waals surface area contributed by atoms with Crippen molar-refractivity contribution in [2.24, 2.45) is 0 Å². The summed E-state index contributed by atoms with van der Waals surface area (Å²) in [4.78, 5) is 0. The fourth-order valence-corrected chi connectivity index (χ4v) is 3.49. The van der Waals surface area contributed by atoms with Crippen LogP contribution in [0.3, 0.4) is 0 Å². The van der Waals surface area contributed by atoms with Crippen LogP contribution in [0.1, 0.15) is 30.9 Å². The van der Waals surface area contributed by atoms with Gasteiger partial charge < -0.3 is 4.74 Å². The normalized spacial score (nSPS) is 12.8. The maximum atomic E-state index is 14.1. The minimum Gasteiger partial charge on any atom is -0.454 e. The van der Waals surface area contributed by atoms with Crippen LogP contribution in [0.15, 0.2) is 60.7 Å². The Labute approximate surface area is 185 Å². The molecule has 0 amide bonds. The monoisotopic (exact) mass is 444 g/mol. The summed E-state index contributed by atoms with van der Waals surface area (Å²) in [5, 5.41) is 0.955. The average Bonchev–Trinajstić information content (AvgIpc) is 2.73. The Morgan fingerprint density at radius 3 is 2.37 bits per heavy atom. The molecule has 1 nitrogen and oxygen atoms in total. The van der Waals surface area contributed by atoms with Crippen molar-refractivity contribution in [3.8, 4) is 23.8 Å². The number of ether oxygens (including phenoxy) is 1. The molecule has 154 valence electrons. The molecule has 5 heteroatoms. The van der Waals surface area contributed by atoms with E-state index in [0.29, 0.717) is 28.6 Å². The van der Waals surface area contributed by atoms with Gasteiger partial charge in [0.05, 0.1) is 15.5 Å². The molecule has 0 aromatic heterocycles. The van der Waals surface area contributed by atoms with E-state index in [9.17, 15) is 8.78 Å². The summed E-state index contributed by atoms with van der Waals surface area (Å²) in [7, 11) is 0. The third kappa shape index (κ3) is 5.33. The lowest BCUT2D eigenvalue weighted by Gasteiger charge is -2.24. The summed E-state index contributed by atoms with van der Waals surface area (Å²) < 4.78 is 32.7. The molecule has 0 aliphatic rings. The zero-order valence-corrected chi connectivity index (χ0v) is 17.9. The SMILES string of the molecule is C#CC(C)(CCCc1ccc(F)c(Oc2ccc(F)cc2)c1)c1ccc(Cl)c(Cl)c1. The Morgan fingerprint density at radius 2 is 1.70 bits per heavy atom. The summed E-state index contributed by atoms with van der Waals surface area (Å²) in [5.41, 5.74) is 1.35. The number of hydrogen-bond acceptors (Lipinski definition) is 1. The van der Waals surface area contributed by atoms with Crippen LogP contribution in [0.4, 0.5) is 8.78 Å². The number of benzene rings is 3. The molecule has 0 aliphatic carbocycles. The van der Waals surface area contributed by atoms with E-state index >= 15 is 0 Å². The van der Waals surface area contributed by atoms with Crippen LogP contribution in [0.2, 0.25) is 10.0 Å². The van der Waals surface area contributed by atoms with E-state index in [1.807, 2.05) is 13.0 Å². The molecule has 0 N–H and O–H groups in total. The maximum Gasteiger partial charge on any atom is 0.165 e. The van der Waals surface area contributed by atoms with Gasteiger partial charge in [0, 0.05) is 0 Å². The van der Waals surface area contributed by atoms with Crippen LogP contribution in [0.5, 0.6) is 11.5 Å². The van der Waals surface area contributed by atoms with Crippen LogP contribution in [-0.4, -0.2) is 0 Å². The smallest absolute Gasteiger partial charge is 0.165 e. The Kier molecular flexibility index (Phi) is 7.02. The summed E-state index contributed by atoms with van der Waals surface area (Å²) >= 11 is 12.2. The summed E-state index contributed by atoms with van der Waals surface area (Å²) in [6.07, 6.45) is 8.01. The van der Waals surface area contributed by atoms with Crippen molar-refractivity contribution in [3.05, 3.63) is 93.5 Å². The molecule has 3 rings (SSSR count). The first-order chi connectivity index (χ1) is 14.3. The molecule has 0 spiro atoms.